The van der Waals surface area contributed by atoms with Crippen LogP contribution in [0.5, 0.6) is 0 Å². The van der Waals surface area contributed by atoms with Crippen molar-refractivity contribution < 1.29 is 8.81 Å². The Morgan fingerprint density at radius 3 is 2.75 bits per heavy atom. The van der Waals surface area contributed by atoms with Gasteiger partial charge in [-0.3, -0.25) is 4.79 Å². The van der Waals surface area contributed by atoms with Gasteiger partial charge in [0.15, 0.2) is 6.39 Å². The van der Waals surface area contributed by atoms with Gasteiger partial charge in [-0.25, -0.2) is 14.1 Å². The number of benzene rings is 1. The zero-order valence-electron chi connectivity index (χ0n) is 15.0. The fourth-order valence-corrected chi connectivity index (χ4v) is 3.60. The molecule has 0 radical (unpaired) electrons. The smallest absolute Gasteiger partial charge is 0.287 e. The molecule has 1 aliphatic heterocycles. The molecule has 7 nitrogen and oxygen atoms in total. The fourth-order valence-electron chi connectivity index (χ4n) is 3.40. The fraction of sp³-hybridized carbons (Fsp3) is 0.316. The summed E-state index contributed by atoms with van der Waals surface area (Å²) in [5.41, 5.74) is 0.697. The van der Waals surface area contributed by atoms with Crippen LogP contribution >= 0.6 is 11.6 Å². The van der Waals surface area contributed by atoms with Crippen LogP contribution in [0.4, 0.5) is 15.8 Å². The van der Waals surface area contributed by atoms with Crippen molar-refractivity contribution in [1.29, 1.82) is 0 Å². The molecule has 0 saturated carbocycles. The molecule has 0 aliphatic carbocycles. The Kier molecular flexibility index (Phi) is 5.29. The number of nitrogens with zero attached hydrogens (tertiary/aromatic N) is 4. The zero-order valence-corrected chi connectivity index (χ0v) is 15.8. The number of halogens is 2. The van der Waals surface area contributed by atoms with Crippen LogP contribution in [-0.2, 0) is 6.54 Å². The Labute approximate surface area is 165 Å². The summed E-state index contributed by atoms with van der Waals surface area (Å²) in [5.74, 6) is 0.391. The molecule has 0 unspecified atom stereocenters. The van der Waals surface area contributed by atoms with Gasteiger partial charge >= 0.3 is 0 Å². The zero-order chi connectivity index (χ0) is 19.5. The van der Waals surface area contributed by atoms with E-state index < -0.39 is 0 Å². The summed E-state index contributed by atoms with van der Waals surface area (Å²) in [5, 5.41) is 7.42. The van der Waals surface area contributed by atoms with Crippen LogP contribution in [0.3, 0.4) is 0 Å². The highest BCUT2D eigenvalue weighted by Crippen LogP contribution is 2.27. The predicted octanol–water partition coefficient (Wildman–Crippen LogP) is 3.48. The van der Waals surface area contributed by atoms with E-state index in [1.54, 1.807) is 24.5 Å². The molecule has 9 heteroatoms. The van der Waals surface area contributed by atoms with Gasteiger partial charge in [0.1, 0.15) is 16.6 Å². The Morgan fingerprint density at radius 2 is 2.04 bits per heavy atom. The van der Waals surface area contributed by atoms with E-state index in [1.807, 2.05) is 11.0 Å². The maximum absolute atomic E-state index is 14.0. The Hall–Kier alpha value is -2.87. The summed E-state index contributed by atoms with van der Waals surface area (Å²) in [4.78, 5) is 18.5. The van der Waals surface area contributed by atoms with Crippen LogP contribution in [0.1, 0.15) is 24.6 Å². The molecule has 28 heavy (non-hydrogen) atoms. The number of rotatable bonds is 5. The quantitative estimate of drug-likeness (QED) is 0.703. The molecule has 4 rings (SSSR count). The first-order valence-corrected chi connectivity index (χ1v) is 9.39. The molecule has 0 spiro atoms. The molecule has 1 aromatic carbocycles. The highest BCUT2D eigenvalue weighted by atomic mass is 35.5. The Bertz CT molecular complexity index is 1000. The minimum absolute atomic E-state index is 0.0728. The molecule has 3 heterocycles. The monoisotopic (exact) mass is 403 g/mol. The van der Waals surface area contributed by atoms with E-state index in [1.165, 1.54) is 17.1 Å². The number of anilines is 2. The van der Waals surface area contributed by atoms with Crippen molar-refractivity contribution >= 4 is 23.0 Å². The molecule has 146 valence electrons. The second kappa shape index (κ2) is 8.02. The first-order valence-electron chi connectivity index (χ1n) is 9.01. The van der Waals surface area contributed by atoms with Crippen molar-refractivity contribution in [2.45, 2.75) is 25.4 Å². The van der Waals surface area contributed by atoms with E-state index in [2.05, 4.69) is 15.4 Å². The third kappa shape index (κ3) is 3.73. The maximum atomic E-state index is 14.0. The van der Waals surface area contributed by atoms with Crippen LogP contribution in [0.2, 0.25) is 5.02 Å². The molecule has 2 aromatic heterocycles. The number of oxazole rings is 1. The van der Waals surface area contributed by atoms with Crippen molar-refractivity contribution in [3.05, 3.63) is 70.0 Å². The Morgan fingerprint density at radius 1 is 1.25 bits per heavy atom. The van der Waals surface area contributed by atoms with E-state index in [0.29, 0.717) is 49.6 Å². The average Bonchev–Trinajstić information content (AvgIpc) is 3.23. The SMILES string of the molecule is O=c1c(Cl)c(NCc2cnco2)cnn1C1CCN(c2ccccc2F)CC1. The van der Waals surface area contributed by atoms with Crippen molar-refractivity contribution in [3.8, 4) is 0 Å². The number of hydrogen-bond donors (Lipinski definition) is 1. The maximum Gasteiger partial charge on any atom is 0.287 e. The third-order valence-corrected chi connectivity index (χ3v) is 5.25. The molecule has 0 amide bonds. The van der Waals surface area contributed by atoms with Crippen molar-refractivity contribution in [1.82, 2.24) is 14.8 Å². The first-order chi connectivity index (χ1) is 13.6. The molecular formula is C19H19ClFN5O2. The summed E-state index contributed by atoms with van der Waals surface area (Å²) >= 11 is 6.26. The highest BCUT2D eigenvalue weighted by molar-refractivity contribution is 6.32. The van der Waals surface area contributed by atoms with Gasteiger partial charge in [0.2, 0.25) is 0 Å². The van der Waals surface area contributed by atoms with Crippen molar-refractivity contribution in [2.75, 3.05) is 23.3 Å². The van der Waals surface area contributed by atoms with Gasteiger partial charge in [0, 0.05) is 13.1 Å². The molecule has 1 fully saturated rings. The number of aromatic nitrogens is 3. The van der Waals surface area contributed by atoms with Crippen molar-refractivity contribution in [3.63, 3.8) is 0 Å². The van der Waals surface area contributed by atoms with E-state index in [4.69, 9.17) is 16.0 Å². The molecular weight excluding hydrogens is 385 g/mol. The standard InChI is InChI=1S/C19H19ClFN5O2/c20-18-16(23-10-14-9-22-12-28-14)11-24-26(19(18)27)13-5-7-25(8-6-13)17-4-2-1-3-15(17)21/h1-4,9,11-13,23H,5-8,10H2. The lowest BCUT2D eigenvalue weighted by atomic mass is 10.0. The average molecular weight is 404 g/mol. The van der Waals surface area contributed by atoms with Gasteiger partial charge in [-0.15, -0.1) is 0 Å². The highest BCUT2D eigenvalue weighted by Gasteiger charge is 2.24. The van der Waals surface area contributed by atoms with Gasteiger partial charge in [0.25, 0.3) is 5.56 Å². The van der Waals surface area contributed by atoms with Gasteiger partial charge in [-0.2, -0.15) is 5.10 Å². The largest absolute Gasteiger partial charge is 0.447 e. The second-order valence-electron chi connectivity index (χ2n) is 6.61. The first kappa shape index (κ1) is 18.5. The van der Waals surface area contributed by atoms with E-state index in [0.717, 1.165) is 0 Å². The van der Waals surface area contributed by atoms with Gasteiger partial charge in [0.05, 0.1) is 36.4 Å². The number of piperidine rings is 1. The summed E-state index contributed by atoms with van der Waals surface area (Å²) in [6.07, 6.45) is 5.83. The van der Waals surface area contributed by atoms with Gasteiger partial charge in [-0.1, -0.05) is 23.7 Å². The lowest BCUT2D eigenvalue weighted by molar-refractivity contribution is 0.352. The molecule has 0 atom stereocenters. The summed E-state index contributed by atoms with van der Waals surface area (Å²) in [7, 11) is 0. The predicted molar refractivity (Wildman–Crippen MR) is 104 cm³/mol. The third-order valence-electron chi connectivity index (χ3n) is 4.88. The van der Waals surface area contributed by atoms with Crippen LogP contribution < -0.4 is 15.8 Å². The normalized spacial score (nSPS) is 15.0. The van der Waals surface area contributed by atoms with E-state index >= 15 is 0 Å². The van der Waals surface area contributed by atoms with Crippen LogP contribution in [0.25, 0.3) is 0 Å². The van der Waals surface area contributed by atoms with Gasteiger partial charge < -0.3 is 14.6 Å². The van der Waals surface area contributed by atoms with Gasteiger partial charge in [-0.05, 0) is 25.0 Å². The number of nitrogens with one attached hydrogen (secondary N) is 1. The van der Waals surface area contributed by atoms with Crippen LogP contribution in [0.15, 0.2) is 52.3 Å². The van der Waals surface area contributed by atoms with Crippen molar-refractivity contribution in [2.24, 2.45) is 0 Å². The topological polar surface area (TPSA) is 76.2 Å². The van der Waals surface area contributed by atoms with E-state index in [-0.39, 0.29) is 22.4 Å². The van der Waals surface area contributed by atoms with Crippen LogP contribution in [0, 0.1) is 5.82 Å². The Balaban J connectivity index is 1.44. The molecule has 1 N–H and O–H groups in total. The van der Waals surface area contributed by atoms with E-state index in [9.17, 15) is 9.18 Å². The molecule has 0 bridgehead atoms. The van der Waals surface area contributed by atoms with Crippen LogP contribution in [-0.4, -0.2) is 27.9 Å². The lowest BCUT2D eigenvalue weighted by Gasteiger charge is -2.34. The summed E-state index contributed by atoms with van der Waals surface area (Å²) in [6, 6.07) is 6.65. The summed E-state index contributed by atoms with van der Waals surface area (Å²) < 4.78 is 20.6. The minimum Gasteiger partial charge on any atom is -0.447 e. The summed E-state index contributed by atoms with van der Waals surface area (Å²) in [6.45, 7) is 1.64. The minimum atomic E-state index is -0.339. The molecule has 3 aromatic rings. The second-order valence-corrected chi connectivity index (χ2v) is 6.99. The lowest BCUT2D eigenvalue weighted by Crippen LogP contribution is -2.39. The number of hydrogen-bond acceptors (Lipinski definition) is 6. The number of para-hydroxylation sites is 1. The molecule has 1 saturated heterocycles. The molecule has 1 aliphatic rings.